The largest absolute Gasteiger partial charge is 0.443 e. The number of likely N-dealkylation sites (tertiary alicyclic amines) is 1. The quantitative estimate of drug-likeness (QED) is 0.770. The summed E-state index contributed by atoms with van der Waals surface area (Å²) in [5.41, 5.74) is 1.77. The highest BCUT2D eigenvalue weighted by molar-refractivity contribution is 5.71. The van der Waals surface area contributed by atoms with Crippen LogP contribution in [0, 0.1) is 0 Å². The molecular weight excluding hydrogens is 321 g/mol. The molecule has 138 valence electrons. The monoisotopic (exact) mass is 349 g/mol. The first-order valence-electron chi connectivity index (χ1n) is 8.65. The van der Waals surface area contributed by atoms with Gasteiger partial charge in [-0.3, -0.25) is 4.90 Å². The van der Waals surface area contributed by atoms with Crippen molar-refractivity contribution in [2.24, 2.45) is 0 Å². The summed E-state index contributed by atoms with van der Waals surface area (Å²) in [4.78, 5) is 14.0. The topological polar surface area (TPSA) is 38.8 Å². The van der Waals surface area contributed by atoms with Gasteiger partial charge in [-0.15, -0.1) is 0 Å². The minimum absolute atomic E-state index is 0.0183. The summed E-state index contributed by atoms with van der Waals surface area (Å²) >= 11 is 0. The lowest BCUT2D eigenvalue weighted by molar-refractivity contribution is -0.0173. The number of rotatable bonds is 4. The Hall–Kier alpha value is -1.88. The van der Waals surface area contributed by atoms with Gasteiger partial charge in [0.15, 0.2) is 0 Å². The van der Waals surface area contributed by atoms with E-state index in [0.717, 1.165) is 5.56 Å². The number of hydrogen-bond donors (Lipinski definition) is 0. The number of benzene rings is 1. The predicted molar refractivity (Wildman–Crippen MR) is 95.7 cm³/mol. The van der Waals surface area contributed by atoms with Crippen molar-refractivity contribution in [2.45, 2.75) is 71.6 Å². The zero-order valence-corrected chi connectivity index (χ0v) is 15.5. The number of carbonyl (C=O) groups is 1. The van der Waals surface area contributed by atoms with Gasteiger partial charge in [-0.05, 0) is 45.2 Å². The molecular formula is C20H28FNO3. The third-order valence-corrected chi connectivity index (χ3v) is 4.07. The molecule has 1 heterocycles. The summed E-state index contributed by atoms with van der Waals surface area (Å²) < 4.78 is 24.2. The van der Waals surface area contributed by atoms with E-state index in [4.69, 9.17) is 9.47 Å². The molecule has 0 saturated carbocycles. The summed E-state index contributed by atoms with van der Waals surface area (Å²) in [6.45, 7) is 11.5. The van der Waals surface area contributed by atoms with Crippen LogP contribution in [0.4, 0.5) is 9.18 Å². The molecule has 25 heavy (non-hydrogen) atoms. The van der Waals surface area contributed by atoms with Gasteiger partial charge in [-0.25, -0.2) is 9.18 Å². The maximum atomic E-state index is 12.7. The van der Waals surface area contributed by atoms with E-state index in [1.165, 1.54) is 0 Å². The first-order chi connectivity index (χ1) is 11.7. The Morgan fingerprint density at radius 3 is 2.64 bits per heavy atom. The first-order valence-corrected chi connectivity index (χ1v) is 8.65. The van der Waals surface area contributed by atoms with Crippen LogP contribution in [0.25, 0.3) is 0 Å². The van der Waals surface area contributed by atoms with Crippen molar-refractivity contribution >= 4 is 6.09 Å². The van der Waals surface area contributed by atoms with E-state index in [-0.39, 0.29) is 18.2 Å². The number of carbonyl (C=O) groups excluding carboxylic acids is 1. The average molecular weight is 349 g/mol. The van der Waals surface area contributed by atoms with Crippen molar-refractivity contribution in [3.8, 4) is 0 Å². The van der Waals surface area contributed by atoms with Gasteiger partial charge >= 0.3 is 6.09 Å². The van der Waals surface area contributed by atoms with Crippen LogP contribution >= 0.6 is 0 Å². The molecule has 5 heteroatoms. The lowest BCUT2D eigenvalue weighted by Crippen LogP contribution is -2.46. The Labute approximate surface area is 149 Å². The van der Waals surface area contributed by atoms with Crippen molar-refractivity contribution in [2.75, 3.05) is 0 Å². The average Bonchev–Trinajstić information content (AvgIpc) is 2.50. The van der Waals surface area contributed by atoms with E-state index < -0.39 is 12.3 Å². The Kier molecular flexibility index (Phi) is 6.22. The van der Waals surface area contributed by atoms with Gasteiger partial charge in [0.1, 0.15) is 12.3 Å². The zero-order valence-electron chi connectivity index (χ0n) is 15.5. The fourth-order valence-corrected chi connectivity index (χ4v) is 3.01. The van der Waals surface area contributed by atoms with Crippen molar-refractivity contribution in [1.82, 2.24) is 4.90 Å². The van der Waals surface area contributed by atoms with E-state index in [1.807, 2.05) is 45.9 Å². The van der Waals surface area contributed by atoms with Crippen LogP contribution in [0.3, 0.4) is 0 Å². The van der Waals surface area contributed by atoms with E-state index in [0.29, 0.717) is 30.7 Å². The van der Waals surface area contributed by atoms with Crippen molar-refractivity contribution < 1.29 is 18.7 Å². The van der Waals surface area contributed by atoms with Gasteiger partial charge in [0.05, 0.1) is 12.7 Å². The third kappa shape index (κ3) is 5.56. The molecule has 1 fully saturated rings. The number of alkyl halides is 1. The number of halogens is 1. The van der Waals surface area contributed by atoms with Crippen LogP contribution in [-0.2, 0) is 22.8 Å². The van der Waals surface area contributed by atoms with Crippen LogP contribution in [0.1, 0.15) is 51.7 Å². The lowest BCUT2D eigenvalue weighted by atomic mass is 9.98. The Morgan fingerprint density at radius 1 is 1.36 bits per heavy atom. The van der Waals surface area contributed by atoms with Gasteiger partial charge in [0.2, 0.25) is 0 Å². The molecule has 1 aliphatic rings. The van der Waals surface area contributed by atoms with E-state index in [1.54, 1.807) is 11.0 Å². The summed E-state index contributed by atoms with van der Waals surface area (Å²) in [7, 11) is 0. The van der Waals surface area contributed by atoms with Crippen molar-refractivity contribution in [3.63, 3.8) is 0 Å². The maximum Gasteiger partial charge on any atom is 0.414 e. The molecule has 1 amide bonds. The molecule has 2 unspecified atom stereocenters. The second-order valence-corrected chi connectivity index (χ2v) is 7.59. The smallest absolute Gasteiger partial charge is 0.414 e. The Bertz CT molecular complexity index is 624. The van der Waals surface area contributed by atoms with Crippen LogP contribution < -0.4 is 0 Å². The minimum atomic E-state index is -0.536. The molecule has 0 bridgehead atoms. The SMILES string of the molecule is C=C1CC(OCc2cccc(CF)c2)CC(C)N1C(=O)OC(C)(C)C. The van der Waals surface area contributed by atoms with Gasteiger partial charge in [0.25, 0.3) is 0 Å². The van der Waals surface area contributed by atoms with E-state index >= 15 is 0 Å². The fourth-order valence-electron chi connectivity index (χ4n) is 3.01. The Balaban J connectivity index is 1.92. The molecule has 2 rings (SSSR count). The summed E-state index contributed by atoms with van der Waals surface area (Å²) in [6, 6.07) is 7.28. The summed E-state index contributed by atoms with van der Waals surface area (Å²) in [6.07, 6.45) is 0.905. The number of nitrogens with zero attached hydrogens (tertiary/aromatic N) is 1. The second-order valence-electron chi connectivity index (χ2n) is 7.59. The van der Waals surface area contributed by atoms with E-state index in [2.05, 4.69) is 6.58 Å². The number of ether oxygens (including phenoxy) is 2. The standard InChI is InChI=1S/C20H28FNO3/c1-14-9-18(24-13-17-8-6-7-16(11-17)12-21)10-15(2)22(14)19(23)25-20(3,4)5/h6-8,11,15,18H,1,9-10,12-13H2,2-5H3. The second kappa shape index (κ2) is 8.00. The Morgan fingerprint density at radius 2 is 2.04 bits per heavy atom. The van der Waals surface area contributed by atoms with Crippen LogP contribution in [0.5, 0.6) is 0 Å². The predicted octanol–water partition coefficient (Wildman–Crippen LogP) is 4.97. The molecule has 0 aromatic heterocycles. The highest BCUT2D eigenvalue weighted by atomic mass is 19.1. The fraction of sp³-hybridized carbons (Fsp3) is 0.550. The number of piperidine rings is 1. The van der Waals surface area contributed by atoms with Gasteiger partial charge in [-0.1, -0.05) is 30.8 Å². The van der Waals surface area contributed by atoms with Gasteiger partial charge in [-0.2, -0.15) is 0 Å². The summed E-state index contributed by atoms with van der Waals surface area (Å²) in [5.74, 6) is 0. The molecule has 0 N–H and O–H groups in total. The highest BCUT2D eigenvalue weighted by Gasteiger charge is 2.34. The number of hydrogen-bond acceptors (Lipinski definition) is 3. The normalized spacial score (nSPS) is 21.3. The van der Waals surface area contributed by atoms with E-state index in [9.17, 15) is 9.18 Å². The molecule has 4 nitrogen and oxygen atoms in total. The molecule has 1 aromatic carbocycles. The molecule has 0 radical (unpaired) electrons. The minimum Gasteiger partial charge on any atom is -0.443 e. The molecule has 0 spiro atoms. The molecule has 1 aromatic rings. The lowest BCUT2D eigenvalue weighted by Gasteiger charge is -2.39. The molecule has 0 aliphatic carbocycles. The highest BCUT2D eigenvalue weighted by Crippen LogP contribution is 2.29. The first kappa shape index (κ1) is 19.4. The van der Waals surface area contributed by atoms with Gasteiger partial charge < -0.3 is 9.47 Å². The van der Waals surface area contributed by atoms with Crippen molar-refractivity contribution in [1.29, 1.82) is 0 Å². The van der Waals surface area contributed by atoms with Crippen LogP contribution in [0.2, 0.25) is 0 Å². The number of amides is 1. The molecule has 1 saturated heterocycles. The molecule has 2 atom stereocenters. The van der Waals surface area contributed by atoms with Crippen LogP contribution in [-0.4, -0.2) is 28.7 Å². The maximum absolute atomic E-state index is 12.7. The van der Waals surface area contributed by atoms with Crippen LogP contribution in [0.15, 0.2) is 36.5 Å². The summed E-state index contributed by atoms with van der Waals surface area (Å²) in [5, 5.41) is 0. The van der Waals surface area contributed by atoms with Gasteiger partial charge in [0, 0.05) is 18.2 Å². The zero-order chi connectivity index (χ0) is 18.6. The third-order valence-electron chi connectivity index (χ3n) is 4.07. The van der Waals surface area contributed by atoms with Crippen molar-refractivity contribution in [3.05, 3.63) is 47.7 Å². The molecule has 1 aliphatic heterocycles.